The number of esters is 2. The highest BCUT2D eigenvalue weighted by Gasteiger charge is 2.34. The fraction of sp³-hybridized carbons (Fsp3) is 0.769. The maximum Gasteiger partial charge on any atom is 0.310 e. The summed E-state index contributed by atoms with van der Waals surface area (Å²) < 4.78 is 10.3. The maximum atomic E-state index is 12.1. The summed E-state index contributed by atoms with van der Waals surface area (Å²) in [6.45, 7) is 6.25. The molecule has 0 aromatic carbocycles. The Kier molecular flexibility index (Phi) is 15.5. The van der Waals surface area contributed by atoms with Crippen molar-refractivity contribution in [1.29, 1.82) is 0 Å². The van der Waals surface area contributed by atoms with Gasteiger partial charge < -0.3 is 19.7 Å². The predicted octanol–water partition coefficient (Wildman–Crippen LogP) is 5.52. The summed E-state index contributed by atoms with van der Waals surface area (Å²) in [6, 6.07) is 0. The number of thioether (sulfide) groups is 1. The molecule has 1 rings (SSSR count). The summed E-state index contributed by atoms with van der Waals surface area (Å²) in [5.41, 5.74) is 0. The van der Waals surface area contributed by atoms with E-state index in [4.69, 9.17) is 4.74 Å². The Morgan fingerprint density at radius 2 is 1.88 bits per heavy atom. The first-order chi connectivity index (χ1) is 15.8. The van der Waals surface area contributed by atoms with E-state index in [1.165, 1.54) is 7.11 Å². The van der Waals surface area contributed by atoms with Crippen LogP contribution >= 0.6 is 11.8 Å². The molecule has 0 amide bonds. The van der Waals surface area contributed by atoms with E-state index < -0.39 is 12.2 Å². The van der Waals surface area contributed by atoms with Crippen molar-refractivity contribution in [2.75, 3.05) is 12.9 Å². The second kappa shape index (κ2) is 17.2. The highest BCUT2D eigenvalue weighted by atomic mass is 32.2. The number of hydrogen-bond donors (Lipinski definition) is 2. The Morgan fingerprint density at radius 1 is 1.12 bits per heavy atom. The van der Waals surface area contributed by atoms with Crippen LogP contribution in [0.1, 0.15) is 91.4 Å². The van der Waals surface area contributed by atoms with Crippen molar-refractivity contribution in [2.45, 2.75) is 104 Å². The average molecular weight is 485 g/mol. The highest BCUT2D eigenvalue weighted by molar-refractivity contribution is 8.03. The molecule has 33 heavy (non-hydrogen) atoms. The van der Waals surface area contributed by atoms with E-state index in [2.05, 4.69) is 18.6 Å². The van der Waals surface area contributed by atoms with E-state index in [1.807, 2.05) is 13.0 Å². The molecule has 0 spiro atoms. The molecule has 0 aliphatic heterocycles. The molecule has 0 unspecified atom stereocenters. The summed E-state index contributed by atoms with van der Waals surface area (Å²) >= 11 is 1.60. The number of ether oxygens (including phenoxy) is 2. The number of hydrogen-bond acceptors (Lipinski definition) is 7. The third kappa shape index (κ3) is 12.1. The van der Waals surface area contributed by atoms with Crippen LogP contribution in [0.15, 0.2) is 22.8 Å². The topological polar surface area (TPSA) is 93.1 Å². The maximum absolute atomic E-state index is 12.1. The Balaban J connectivity index is 2.75. The lowest BCUT2D eigenvalue weighted by Crippen LogP contribution is -2.15. The van der Waals surface area contributed by atoms with Gasteiger partial charge >= 0.3 is 11.9 Å². The van der Waals surface area contributed by atoms with Crippen LogP contribution in [0.25, 0.3) is 0 Å². The molecule has 1 aliphatic rings. The monoisotopic (exact) mass is 484 g/mol. The van der Waals surface area contributed by atoms with Gasteiger partial charge in [0.05, 0.1) is 19.3 Å². The van der Waals surface area contributed by atoms with Crippen molar-refractivity contribution in [1.82, 2.24) is 0 Å². The first kappa shape index (κ1) is 29.7. The van der Waals surface area contributed by atoms with Crippen molar-refractivity contribution in [3.05, 3.63) is 22.8 Å². The minimum atomic E-state index is -0.669. The Labute approximate surface area is 204 Å². The van der Waals surface area contributed by atoms with Gasteiger partial charge in [-0.1, -0.05) is 58.6 Å². The smallest absolute Gasteiger partial charge is 0.310 e. The van der Waals surface area contributed by atoms with Crippen LogP contribution in [0.4, 0.5) is 0 Å². The second-order valence-corrected chi connectivity index (χ2v) is 10.1. The van der Waals surface area contributed by atoms with Crippen LogP contribution in [-0.2, 0) is 19.1 Å². The van der Waals surface area contributed by atoms with Gasteiger partial charge in [0.1, 0.15) is 5.76 Å². The Bertz CT molecular complexity index is 645. The predicted molar refractivity (Wildman–Crippen MR) is 134 cm³/mol. The number of rotatable bonds is 17. The van der Waals surface area contributed by atoms with Crippen molar-refractivity contribution < 1.29 is 29.3 Å². The Hall–Kier alpha value is -1.31. The van der Waals surface area contributed by atoms with Gasteiger partial charge in [0, 0.05) is 30.1 Å². The first-order valence-corrected chi connectivity index (χ1v) is 13.5. The molecule has 0 heterocycles. The normalized spacial score (nSPS) is 20.3. The zero-order valence-corrected chi connectivity index (χ0v) is 21.7. The number of methoxy groups -OCH3 is 1. The molecule has 4 atom stereocenters. The van der Waals surface area contributed by atoms with Gasteiger partial charge in [0.15, 0.2) is 0 Å². The van der Waals surface area contributed by atoms with Crippen LogP contribution in [0, 0.1) is 11.8 Å². The summed E-state index contributed by atoms with van der Waals surface area (Å²) in [5.74, 6) is 1.06. The summed E-state index contributed by atoms with van der Waals surface area (Å²) in [4.78, 5) is 24.2. The number of unbranched alkanes of at least 4 members (excludes halogenated alkanes) is 3. The molecule has 7 heteroatoms. The number of carbonyl (C=O) groups is 2. The van der Waals surface area contributed by atoms with Gasteiger partial charge in [0.2, 0.25) is 0 Å². The molecule has 0 saturated carbocycles. The number of carbonyl (C=O) groups excluding carboxylic acids is 2. The lowest BCUT2D eigenvalue weighted by Gasteiger charge is -2.17. The van der Waals surface area contributed by atoms with E-state index in [0.29, 0.717) is 43.8 Å². The van der Waals surface area contributed by atoms with Gasteiger partial charge in [-0.2, -0.15) is 0 Å². The fourth-order valence-corrected chi connectivity index (χ4v) is 5.18. The molecule has 0 radical (unpaired) electrons. The van der Waals surface area contributed by atoms with Gasteiger partial charge in [0.25, 0.3) is 0 Å². The lowest BCUT2D eigenvalue weighted by atomic mass is 9.96. The van der Waals surface area contributed by atoms with Crippen LogP contribution in [0.3, 0.4) is 0 Å². The highest BCUT2D eigenvalue weighted by Crippen LogP contribution is 2.41. The van der Waals surface area contributed by atoms with Crippen molar-refractivity contribution in [3.8, 4) is 0 Å². The molecule has 0 fully saturated rings. The minimum absolute atomic E-state index is 0.192. The zero-order chi connectivity index (χ0) is 24.6. The van der Waals surface area contributed by atoms with E-state index >= 15 is 0 Å². The minimum Gasteiger partial charge on any atom is -0.469 e. The number of aliphatic hydroxyl groups excluding tert-OH is 2. The SMILES string of the molecule is CCCC[C@@H](C)C[C@H](O)/C=C/[C@@H]1C(SCCCCCC(=O)OC)=C(OC(=O)CCC)C[C@H]1O. The lowest BCUT2D eigenvalue weighted by molar-refractivity contribution is -0.141. The van der Waals surface area contributed by atoms with Crippen molar-refractivity contribution >= 4 is 23.7 Å². The van der Waals surface area contributed by atoms with Gasteiger partial charge in [-0.3, -0.25) is 9.59 Å². The van der Waals surface area contributed by atoms with E-state index in [0.717, 1.165) is 49.2 Å². The van der Waals surface area contributed by atoms with Gasteiger partial charge in [-0.25, -0.2) is 0 Å². The van der Waals surface area contributed by atoms with Gasteiger partial charge in [-0.05, 0) is 37.4 Å². The summed E-state index contributed by atoms with van der Waals surface area (Å²) in [5, 5.41) is 21.1. The van der Waals surface area contributed by atoms with Crippen LogP contribution in [0.5, 0.6) is 0 Å². The second-order valence-electron chi connectivity index (χ2n) is 8.98. The standard InChI is InChI=1S/C26H44O6S/c1-5-7-12-19(3)17-20(27)14-15-21-22(28)18-23(32-25(30)11-6-2)26(21)33-16-10-8-9-13-24(29)31-4/h14-15,19-22,27-28H,5-13,16-18H2,1-4H3/b15-14+/t19-,20-,21+,22-/m1/s1. The average Bonchev–Trinajstić information content (AvgIpc) is 3.06. The van der Waals surface area contributed by atoms with Crippen LogP contribution < -0.4 is 0 Å². The fourth-order valence-electron chi connectivity index (χ4n) is 3.90. The largest absolute Gasteiger partial charge is 0.469 e. The third-order valence-corrected chi connectivity index (χ3v) is 7.13. The molecule has 0 saturated heterocycles. The van der Waals surface area contributed by atoms with E-state index in [-0.39, 0.29) is 17.9 Å². The van der Waals surface area contributed by atoms with Crippen LogP contribution in [-0.4, -0.2) is 47.2 Å². The molecular formula is C26H44O6S. The molecule has 0 aromatic rings. The van der Waals surface area contributed by atoms with Crippen molar-refractivity contribution in [2.24, 2.45) is 11.8 Å². The van der Waals surface area contributed by atoms with E-state index in [9.17, 15) is 19.8 Å². The molecular weight excluding hydrogens is 440 g/mol. The zero-order valence-electron chi connectivity index (χ0n) is 20.9. The quantitative estimate of drug-likeness (QED) is 0.159. The molecule has 2 N–H and O–H groups in total. The van der Waals surface area contributed by atoms with Gasteiger partial charge in [-0.15, -0.1) is 11.8 Å². The first-order valence-electron chi connectivity index (χ1n) is 12.5. The van der Waals surface area contributed by atoms with E-state index in [1.54, 1.807) is 17.8 Å². The Morgan fingerprint density at radius 3 is 2.55 bits per heavy atom. The van der Waals surface area contributed by atoms with Crippen molar-refractivity contribution in [3.63, 3.8) is 0 Å². The molecule has 6 nitrogen and oxygen atoms in total. The van der Waals surface area contributed by atoms with Crippen LogP contribution in [0.2, 0.25) is 0 Å². The molecule has 190 valence electrons. The molecule has 0 aromatic heterocycles. The summed E-state index contributed by atoms with van der Waals surface area (Å²) in [6.07, 6.45) is 10.9. The molecule has 1 aliphatic carbocycles. The number of aliphatic hydroxyl groups is 2. The molecule has 0 bridgehead atoms. The summed E-state index contributed by atoms with van der Waals surface area (Å²) in [7, 11) is 1.40. The third-order valence-electron chi connectivity index (χ3n) is 5.82.